The van der Waals surface area contributed by atoms with Crippen LogP contribution < -0.4 is 4.90 Å². The molecule has 4 heteroatoms. The van der Waals surface area contributed by atoms with Crippen LogP contribution in [-0.4, -0.2) is 26.4 Å². The topological polar surface area (TPSA) is 38.8 Å². The van der Waals surface area contributed by atoms with Gasteiger partial charge in [0.1, 0.15) is 5.60 Å². The lowest BCUT2D eigenvalue weighted by Crippen LogP contribution is -2.48. The van der Waals surface area contributed by atoms with Crippen LogP contribution in [0.2, 0.25) is 0 Å². The monoisotopic (exact) mass is 347 g/mol. The summed E-state index contributed by atoms with van der Waals surface area (Å²) in [6.07, 6.45) is -0.538. The summed E-state index contributed by atoms with van der Waals surface area (Å²) in [6, 6.07) is 21.6. The highest BCUT2D eigenvalue weighted by Crippen LogP contribution is 2.46. The predicted octanol–water partition coefficient (Wildman–Crippen LogP) is 4.33. The summed E-state index contributed by atoms with van der Waals surface area (Å²) < 4.78 is 11.5. The van der Waals surface area contributed by atoms with E-state index in [1.165, 1.54) is 0 Å². The van der Waals surface area contributed by atoms with Gasteiger partial charge >= 0.3 is 0 Å². The van der Waals surface area contributed by atoms with Gasteiger partial charge in [-0.2, -0.15) is 0 Å². The smallest absolute Gasteiger partial charge is 0.260 e. The molecule has 0 saturated heterocycles. The molecule has 3 aromatic rings. The van der Waals surface area contributed by atoms with Crippen molar-refractivity contribution in [3.8, 4) is 0 Å². The molecule has 1 amide bonds. The summed E-state index contributed by atoms with van der Waals surface area (Å²) in [5.41, 5.74) is 1.67. The summed E-state index contributed by atoms with van der Waals surface area (Å²) in [5, 5.41) is 2.14. The molecule has 3 aromatic carbocycles. The van der Waals surface area contributed by atoms with E-state index in [-0.39, 0.29) is 5.91 Å². The molecule has 2 unspecified atom stereocenters. The SMILES string of the molecule is COC1N(C(=O)c2ccc3ccccc3c2)c2ccccc2C1(C)OC. The molecule has 0 radical (unpaired) electrons. The molecule has 1 aliphatic rings. The van der Waals surface area contributed by atoms with E-state index in [4.69, 9.17) is 9.47 Å². The molecular weight excluding hydrogens is 326 g/mol. The summed E-state index contributed by atoms with van der Waals surface area (Å²) in [4.78, 5) is 15.1. The third-order valence-corrected chi connectivity index (χ3v) is 5.27. The number of hydrogen-bond donors (Lipinski definition) is 0. The van der Waals surface area contributed by atoms with E-state index in [1.807, 2.05) is 73.7 Å². The zero-order chi connectivity index (χ0) is 18.3. The fraction of sp³-hybridized carbons (Fsp3) is 0.227. The average Bonchev–Trinajstić information content (AvgIpc) is 2.96. The minimum absolute atomic E-state index is 0.101. The molecule has 1 aliphatic heterocycles. The first-order valence-corrected chi connectivity index (χ1v) is 8.60. The Labute approximate surface area is 153 Å². The van der Waals surface area contributed by atoms with Gasteiger partial charge in [-0.3, -0.25) is 9.69 Å². The van der Waals surface area contributed by atoms with Gasteiger partial charge in [-0.25, -0.2) is 0 Å². The number of carbonyl (C=O) groups excluding carboxylic acids is 1. The number of fused-ring (bicyclic) bond motifs is 2. The van der Waals surface area contributed by atoms with Crippen LogP contribution in [0.25, 0.3) is 10.8 Å². The lowest BCUT2D eigenvalue weighted by atomic mass is 9.97. The molecule has 0 aromatic heterocycles. The second-order valence-electron chi connectivity index (χ2n) is 6.65. The first-order valence-electron chi connectivity index (χ1n) is 8.60. The predicted molar refractivity (Wildman–Crippen MR) is 102 cm³/mol. The Morgan fingerprint density at radius 1 is 0.962 bits per heavy atom. The van der Waals surface area contributed by atoms with Crippen molar-refractivity contribution >= 4 is 22.4 Å². The third-order valence-electron chi connectivity index (χ3n) is 5.27. The quantitative estimate of drug-likeness (QED) is 0.708. The van der Waals surface area contributed by atoms with E-state index in [0.717, 1.165) is 22.0 Å². The number of amides is 1. The number of benzene rings is 3. The second-order valence-corrected chi connectivity index (χ2v) is 6.65. The Bertz CT molecular complexity index is 984. The number of carbonyl (C=O) groups is 1. The molecule has 132 valence electrons. The minimum Gasteiger partial charge on any atom is -0.369 e. The van der Waals surface area contributed by atoms with Gasteiger partial charge in [0.15, 0.2) is 6.23 Å². The lowest BCUT2D eigenvalue weighted by molar-refractivity contribution is -0.0994. The number of para-hydroxylation sites is 1. The number of methoxy groups -OCH3 is 2. The highest BCUT2D eigenvalue weighted by molar-refractivity contribution is 6.09. The molecule has 4 rings (SSSR count). The van der Waals surface area contributed by atoms with Gasteiger partial charge in [-0.05, 0) is 35.9 Å². The maximum absolute atomic E-state index is 13.4. The van der Waals surface area contributed by atoms with Gasteiger partial charge in [0, 0.05) is 25.3 Å². The zero-order valence-corrected chi connectivity index (χ0v) is 15.1. The standard InChI is InChI=1S/C22H21NO3/c1-22(26-3)18-10-6-7-11-19(18)23(21(22)25-2)20(24)17-13-12-15-8-4-5-9-16(15)14-17/h4-14,21H,1-3H3. The Hall–Kier alpha value is -2.69. The van der Waals surface area contributed by atoms with Gasteiger partial charge in [0.2, 0.25) is 0 Å². The molecule has 0 N–H and O–H groups in total. The van der Waals surface area contributed by atoms with Crippen molar-refractivity contribution in [3.63, 3.8) is 0 Å². The minimum atomic E-state index is -0.724. The van der Waals surface area contributed by atoms with Crippen molar-refractivity contribution in [1.82, 2.24) is 0 Å². The van der Waals surface area contributed by atoms with Crippen molar-refractivity contribution in [3.05, 3.63) is 77.9 Å². The largest absolute Gasteiger partial charge is 0.369 e. The van der Waals surface area contributed by atoms with E-state index in [0.29, 0.717) is 5.56 Å². The van der Waals surface area contributed by atoms with Crippen LogP contribution in [0.4, 0.5) is 5.69 Å². The van der Waals surface area contributed by atoms with Gasteiger partial charge in [-0.15, -0.1) is 0 Å². The molecule has 4 nitrogen and oxygen atoms in total. The maximum Gasteiger partial charge on any atom is 0.260 e. The molecule has 0 spiro atoms. The maximum atomic E-state index is 13.4. The van der Waals surface area contributed by atoms with E-state index in [2.05, 4.69) is 0 Å². The lowest BCUT2D eigenvalue weighted by Gasteiger charge is -2.33. The van der Waals surface area contributed by atoms with Crippen LogP contribution in [0.3, 0.4) is 0 Å². The van der Waals surface area contributed by atoms with Crippen LogP contribution in [0, 0.1) is 0 Å². The highest BCUT2D eigenvalue weighted by atomic mass is 16.6. The average molecular weight is 347 g/mol. The molecule has 0 bridgehead atoms. The van der Waals surface area contributed by atoms with Crippen LogP contribution in [-0.2, 0) is 15.1 Å². The second kappa shape index (κ2) is 6.24. The zero-order valence-electron chi connectivity index (χ0n) is 15.1. The van der Waals surface area contributed by atoms with Crippen LogP contribution in [0.15, 0.2) is 66.7 Å². The number of hydrogen-bond acceptors (Lipinski definition) is 3. The normalized spacial score (nSPS) is 21.8. The fourth-order valence-corrected chi connectivity index (χ4v) is 3.83. The van der Waals surface area contributed by atoms with Gasteiger partial charge < -0.3 is 9.47 Å². The molecule has 0 aliphatic carbocycles. The van der Waals surface area contributed by atoms with Gasteiger partial charge in [0.05, 0.1) is 5.69 Å². The molecule has 1 heterocycles. The van der Waals surface area contributed by atoms with Crippen LogP contribution in [0.1, 0.15) is 22.8 Å². The molecule has 26 heavy (non-hydrogen) atoms. The van der Waals surface area contributed by atoms with Crippen LogP contribution >= 0.6 is 0 Å². The Morgan fingerprint density at radius 2 is 1.65 bits per heavy atom. The summed E-state index contributed by atoms with van der Waals surface area (Å²) in [5.74, 6) is -0.101. The van der Waals surface area contributed by atoms with Gasteiger partial charge in [0.25, 0.3) is 5.91 Å². The number of rotatable bonds is 3. The van der Waals surface area contributed by atoms with Crippen molar-refractivity contribution in [2.75, 3.05) is 19.1 Å². The Balaban J connectivity index is 1.83. The fourth-order valence-electron chi connectivity index (χ4n) is 3.83. The van der Waals surface area contributed by atoms with Crippen molar-refractivity contribution in [1.29, 1.82) is 0 Å². The molecule has 2 atom stereocenters. The molecule has 0 fully saturated rings. The number of nitrogens with zero attached hydrogens (tertiary/aromatic N) is 1. The van der Waals surface area contributed by atoms with Crippen LogP contribution in [0.5, 0.6) is 0 Å². The first kappa shape index (κ1) is 16.8. The van der Waals surface area contributed by atoms with E-state index >= 15 is 0 Å². The molecular formula is C22H21NO3. The summed E-state index contributed by atoms with van der Waals surface area (Å²) >= 11 is 0. The van der Waals surface area contributed by atoms with Crippen molar-refractivity contribution in [2.24, 2.45) is 0 Å². The number of ether oxygens (including phenoxy) is 2. The first-order chi connectivity index (χ1) is 12.6. The van der Waals surface area contributed by atoms with E-state index < -0.39 is 11.8 Å². The Morgan fingerprint density at radius 3 is 2.38 bits per heavy atom. The third kappa shape index (κ3) is 2.34. The van der Waals surface area contributed by atoms with Crippen molar-refractivity contribution in [2.45, 2.75) is 18.8 Å². The van der Waals surface area contributed by atoms with E-state index in [1.54, 1.807) is 19.1 Å². The van der Waals surface area contributed by atoms with Crippen molar-refractivity contribution < 1.29 is 14.3 Å². The highest BCUT2D eigenvalue weighted by Gasteiger charge is 2.51. The van der Waals surface area contributed by atoms with Gasteiger partial charge in [-0.1, -0.05) is 48.5 Å². The molecule has 0 saturated carbocycles. The van der Waals surface area contributed by atoms with E-state index in [9.17, 15) is 4.79 Å². The Kier molecular flexibility index (Phi) is 4.02. The number of anilines is 1. The summed E-state index contributed by atoms with van der Waals surface area (Å²) in [6.45, 7) is 1.95. The summed E-state index contributed by atoms with van der Waals surface area (Å²) in [7, 11) is 3.25.